The standard InChI is InChI=1S/C24H31ClN6O5S2.ClH/c1-30(2)23(33)14-4-9-17(28-24(34)29-38(35,36)16-7-5-15(25)6-8-16)19(12-14)26-21(32)22-27-18-10-11-31(3)13-20(18)37-22;/h5-8,14,17,19H,4,9-13H2,1-3H3,(H,26,32)(H2,28,29,34);1H/t14-,17?,19?;/m0./s1. The van der Waals surface area contributed by atoms with E-state index >= 15 is 0 Å². The second-order valence-corrected chi connectivity index (χ2v) is 13.0. The summed E-state index contributed by atoms with van der Waals surface area (Å²) in [4.78, 5) is 47.7. The number of carbonyl (C=O) groups is 3. The molecule has 1 aromatic heterocycles. The highest BCUT2D eigenvalue weighted by atomic mass is 35.5. The molecule has 4 rings (SSSR count). The molecule has 1 fully saturated rings. The van der Waals surface area contributed by atoms with Gasteiger partial charge in [0.05, 0.1) is 22.7 Å². The molecule has 2 aromatic rings. The molecule has 0 spiro atoms. The first-order valence-corrected chi connectivity index (χ1v) is 14.9. The van der Waals surface area contributed by atoms with Gasteiger partial charge < -0.3 is 20.4 Å². The van der Waals surface area contributed by atoms with Gasteiger partial charge in [0, 0.05) is 49.4 Å². The third-order valence-electron chi connectivity index (χ3n) is 6.74. The SMILES string of the molecule is CN1CCc2nc(C(=O)NC3C[C@@H](C(=O)N(C)C)CCC3NC(=O)NS(=O)(=O)c3ccc(Cl)cc3)sc2C1.Cl. The molecular weight excluding hydrogens is 587 g/mol. The lowest BCUT2D eigenvalue weighted by Crippen LogP contribution is -2.57. The van der Waals surface area contributed by atoms with E-state index in [-0.39, 0.29) is 35.0 Å². The Balaban J connectivity index is 0.00000420. The molecule has 0 bridgehead atoms. The van der Waals surface area contributed by atoms with Crippen LogP contribution in [0.2, 0.25) is 5.02 Å². The number of rotatable bonds is 6. The summed E-state index contributed by atoms with van der Waals surface area (Å²) < 4.78 is 27.3. The molecule has 0 radical (unpaired) electrons. The average Bonchev–Trinajstić information content (AvgIpc) is 3.28. The summed E-state index contributed by atoms with van der Waals surface area (Å²) in [5.41, 5.74) is 0.920. The smallest absolute Gasteiger partial charge is 0.328 e. The van der Waals surface area contributed by atoms with Crippen molar-refractivity contribution in [3.05, 3.63) is 44.9 Å². The second-order valence-electron chi connectivity index (χ2n) is 9.84. The molecule has 39 heavy (non-hydrogen) atoms. The minimum atomic E-state index is -4.13. The maximum Gasteiger partial charge on any atom is 0.328 e. The van der Waals surface area contributed by atoms with Gasteiger partial charge in [-0.05, 0) is 50.6 Å². The van der Waals surface area contributed by atoms with E-state index < -0.39 is 28.1 Å². The Morgan fingerprint density at radius 1 is 1.10 bits per heavy atom. The number of amides is 4. The molecule has 214 valence electrons. The average molecular weight is 620 g/mol. The Kier molecular flexibility index (Phi) is 10.2. The first-order chi connectivity index (χ1) is 17.9. The number of hydrogen-bond donors (Lipinski definition) is 3. The fourth-order valence-electron chi connectivity index (χ4n) is 4.74. The zero-order valence-corrected chi connectivity index (χ0v) is 25.0. The number of thiazole rings is 1. The molecule has 3 N–H and O–H groups in total. The van der Waals surface area contributed by atoms with E-state index in [2.05, 4.69) is 20.5 Å². The zero-order valence-electron chi connectivity index (χ0n) is 21.8. The molecule has 2 unspecified atom stereocenters. The fourth-order valence-corrected chi connectivity index (χ4v) is 6.87. The van der Waals surface area contributed by atoms with Crippen molar-refractivity contribution in [2.24, 2.45) is 5.92 Å². The normalized spacial score (nSPS) is 21.2. The lowest BCUT2D eigenvalue weighted by atomic mass is 9.81. The van der Waals surface area contributed by atoms with E-state index in [0.29, 0.717) is 29.3 Å². The summed E-state index contributed by atoms with van der Waals surface area (Å²) in [7, 11) is 1.23. The van der Waals surface area contributed by atoms with Crippen molar-refractivity contribution in [1.82, 2.24) is 30.1 Å². The van der Waals surface area contributed by atoms with Gasteiger partial charge >= 0.3 is 6.03 Å². The molecular formula is C24H32Cl2N6O5S2. The fraction of sp³-hybridized carbons (Fsp3) is 0.500. The summed E-state index contributed by atoms with van der Waals surface area (Å²) in [6.07, 6.45) is 1.93. The van der Waals surface area contributed by atoms with E-state index in [4.69, 9.17) is 11.6 Å². The van der Waals surface area contributed by atoms with Crippen molar-refractivity contribution in [3.63, 3.8) is 0 Å². The van der Waals surface area contributed by atoms with Crippen molar-refractivity contribution in [2.45, 2.75) is 49.2 Å². The van der Waals surface area contributed by atoms with Gasteiger partial charge in [0.15, 0.2) is 5.01 Å². The number of halogens is 2. The summed E-state index contributed by atoms with van der Waals surface area (Å²) in [5.74, 6) is -0.784. The summed E-state index contributed by atoms with van der Waals surface area (Å²) in [6.45, 7) is 1.60. The van der Waals surface area contributed by atoms with Crippen LogP contribution in [0.15, 0.2) is 29.2 Å². The van der Waals surface area contributed by atoms with Gasteiger partial charge in [-0.15, -0.1) is 23.7 Å². The molecule has 3 atom stereocenters. The molecule has 2 heterocycles. The van der Waals surface area contributed by atoms with Gasteiger partial charge in [0.1, 0.15) is 0 Å². The van der Waals surface area contributed by atoms with Crippen LogP contribution < -0.4 is 15.4 Å². The van der Waals surface area contributed by atoms with E-state index in [1.54, 1.807) is 14.1 Å². The largest absolute Gasteiger partial charge is 0.349 e. The summed E-state index contributed by atoms with van der Waals surface area (Å²) >= 11 is 7.17. The van der Waals surface area contributed by atoms with Crippen molar-refractivity contribution in [2.75, 3.05) is 27.7 Å². The number of sulfonamides is 1. The first kappa shape index (κ1) is 31.1. The van der Waals surface area contributed by atoms with E-state index in [1.165, 1.54) is 40.5 Å². The number of fused-ring (bicyclic) bond motifs is 1. The van der Waals surface area contributed by atoms with Crippen LogP contribution in [-0.4, -0.2) is 80.8 Å². The van der Waals surface area contributed by atoms with E-state index in [0.717, 1.165) is 30.1 Å². The van der Waals surface area contributed by atoms with Crippen molar-refractivity contribution in [3.8, 4) is 0 Å². The first-order valence-electron chi connectivity index (χ1n) is 12.2. The third-order valence-corrected chi connectivity index (χ3v) is 9.42. The van der Waals surface area contributed by atoms with Crippen LogP contribution in [-0.2, 0) is 27.8 Å². The molecule has 1 saturated carbocycles. The highest BCUT2D eigenvalue weighted by Gasteiger charge is 2.37. The Morgan fingerprint density at radius 2 is 1.79 bits per heavy atom. The number of nitrogens with one attached hydrogen (secondary N) is 3. The molecule has 0 saturated heterocycles. The number of hydrogen-bond acceptors (Lipinski definition) is 8. The Hall–Kier alpha value is -2.45. The van der Waals surface area contributed by atoms with Crippen LogP contribution in [0.4, 0.5) is 4.79 Å². The summed E-state index contributed by atoms with van der Waals surface area (Å²) in [5, 5.41) is 6.34. The minimum absolute atomic E-state index is 0. The molecule has 1 aromatic carbocycles. The molecule has 15 heteroatoms. The molecule has 2 aliphatic rings. The second kappa shape index (κ2) is 12.8. The van der Waals surface area contributed by atoms with Gasteiger partial charge in [-0.2, -0.15) is 0 Å². The van der Waals surface area contributed by atoms with Crippen LogP contribution in [0.1, 0.15) is 39.6 Å². The van der Waals surface area contributed by atoms with Crippen LogP contribution in [0.25, 0.3) is 0 Å². The molecule has 4 amide bonds. The predicted molar refractivity (Wildman–Crippen MR) is 151 cm³/mol. The highest BCUT2D eigenvalue weighted by Crippen LogP contribution is 2.28. The van der Waals surface area contributed by atoms with Gasteiger partial charge in [-0.25, -0.2) is 22.9 Å². The van der Waals surface area contributed by atoms with Crippen LogP contribution in [0, 0.1) is 5.92 Å². The predicted octanol–water partition coefficient (Wildman–Crippen LogP) is 2.25. The molecule has 11 nitrogen and oxygen atoms in total. The lowest BCUT2D eigenvalue weighted by Gasteiger charge is -2.37. The number of carbonyl (C=O) groups excluding carboxylic acids is 3. The maximum absolute atomic E-state index is 13.2. The van der Waals surface area contributed by atoms with Crippen molar-refractivity contribution in [1.29, 1.82) is 0 Å². The van der Waals surface area contributed by atoms with Crippen molar-refractivity contribution < 1.29 is 22.8 Å². The zero-order chi connectivity index (χ0) is 27.6. The highest BCUT2D eigenvalue weighted by molar-refractivity contribution is 7.90. The van der Waals surface area contributed by atoms with Gasteiger partial charge in [-0.1, -0.05) is 11.6 Å². The van der Waals surface area contributed by atoms with Gasteiger partial charge in [0.2, 0.25) is 5.91 Å². The van der Waals surface area contributed by atoms with Crippen LogP contribution >= 0.6 is 35.3 Å². The van der Waals surface area contributed by atoms with E-state index in [9.17, 15) is 22.8 Å². The van der Waals surface area contributed by atoms with E-state index in [1.807, 2.05) is 11.8 Å². The molecule has 1 aliphatic carbocycles. The van der Waals surface area contributed by atoms with Crippen molar-refractivity contribution >= 4 is 63.2 Å². The molecule has 1 aliphatic heterocycles. The topological polar surface area (TPSA) is 141 Å². The number of likely N-dealkylation sites (N-methyl/N-ethyl adjacent to an activating group) is 1. The number of benzene rings is 1. The quantitative estimate of drug-likeness (QED) is 0.451. The van der Waals surface area contributed by atoms with Crippen LogP contribution in [0.3, 0.4) is 0 Å². The Labute approximate surface area is 243 Å². The lowest BCUT2D eigenvalue weighted by molar-refractivity contribution is -0.134. The summed E-state index contributed by atoms with van der Waals surface area (Å²) in [6, 6.07) is 3.31. The maximum atomic E-state index is 13.2. The minimum Gasteiger partial charge on any atom is -0.349 e. The Bertz CT molecular complexity index is 1320. The number of urea groups is 1. The number of aromatic nitrogens is 1. The van der Waals surface area contributed by atoms with Gasteiger partial charge in [-0.3, -0.25) is 9.59 Å². The third kappa shape index (κ3) is 7.60. The monoisotopic (exact) mass is 618 g/mol. The van der Waals surface area contributed by atoms with Crippen LogP contribution in [0.5, 0.6) is 0 Å². The number of nitrogens with zero attached hydrogens (tertiary/aromatic N) is 3. The Morgan fingerprint density at radius 3 is 2.46 bits per heavy atom. The van der Waals surface area contributed by atoms with Gasteiger partial charge in [0.25, 0.3) is 15.9 Å².